The smallest absolute Gasteiger partial charge is 0.345 e. The lowest BCUT2D eigenvalue weighted by Gasteiger charge is -2.13. The standard InChI is InChI=1S/C15H17N3O3S/c1-10(2)9-21-12-7-5-4-6-11(12)14(19)18(3)15-16-8-13(17-20)22-15/h4-8,10H,9H2,1-3H3/p+1. The summed E-state index contributed by atoms with van der Waals surface area (Å²) in [5.74, 6) is 0.709. The molecule has 0 aliphatic heterocycles. The molecule has 116 valence electrons. The number of amides is 1. The van der Waals surface area contributed by atoms with E-state index in [0.29, 0.717) is 34.0 Å². The number of anilines is 1. The van der Waals surface area contributed by atoms with Crippen LogP contribution < -0.4 is 14.6 Å². The minimum Gasteiger partial charge on any atom is -0.492 e. The molecule has 0 spiro atoms. The molecule has 0 atom stereocenters. The van der Waals surface area contributed by atoms with Gasteiger partial charge in [-0.05, 0) is 34.6 Å². The van der Waals surface area contributed by atoms with E-state index in [1.54, 1.807) is 25.2 Å². The van der Waals surface area contributed by atoms with Gasteiger partial charge in [0.2, 0.25) is 5.00 Å². The largest absolute Gasteiger partial charge is 0.492 e. The number of nitrogens with zero attached hydrogens (tertiary/aromatic N) is 2. The van der Waals surface area contributed by atoms with Crippen LogP contribution in [0.15, 0.2) is 35.6 Å². The number of thiazole rings is 1. The molecule has 0 aliphatic carbocycles. The molecule has 0 fully saturated rings. The summed E-state index contributed by atoms with van der Waals surface area (Å²) in [5, 5.41) is 3.68. The quantitative estimate of drug-likeness (QED) is 0.767. The first-order valence-electron chi connectivity index (χ1n) is 6.87. The molecular weight excluding hydrogens is 302 g/mol. The highest BCUT2D eigenvalue weighted by molar-refractivity contribution is 7.18. The minimum absolute atomic E-state index is 0.213. The summed E-state index contributed by atoms with van der Waals surface area (Å²) in [5.41, 5.74) is 0.480. The highest BCUT2D eigenvalue weighted by Crippen LogP contribution is 2.27. The van der Waals surface area contributed by atoms with Gasteiger partial charge in [0.05, 0.1) is 13.7 Å². The number of carbonyl (C=O) groups is 1. The van der Waals surface area contributed by atoms with Crippen LogP contribution in [0.3, 0.4) is 0 Å². The van der Waals surface area contributed by atoms with E-state index in [9.17, 15) is 9.70 Å². The van der Waals surface area contributed by atoms with Crippen LogP contribution in [0, 0.1) is 10.8 Å². The van der Waals surface area contributed by atoms with Crippen molar-refractivity contribution in [1.82, 2.24) is 0 Å². The van der Waals surface area contributed by atoms with Crippen LogP contribution in [0.2, 0.25) is 0 Å². The Labute approximate surface area is 132 Å². The number of hydrogen-bond acceptors (Lipinski definition) is 5. The predicted molar refractivity (Wildman–Crippen MR) is 85.8 cm³/mol. The van der Waals surface area contributed by atoms with Crippen molar-refractivity contribution in [1.29, 1.82) is 0 Å². The van der Waals surface area contributed by atoms with Crippen molar-refractivity contribution in [3.8, 4) is 5.75 Å². The average molecular weight is 320 g/mol. The number of para-hydroxylation sites is 1. The van der Waals surface area contributed by atoms with E-state index in [4.69, 9.17) is 4.74 Å². The molecule has 1 aromatic carbocycles. The Kier molecular flexibility index (Phi) is 5.21. The molecule has 0 bridgehead atoms. The van der Waals surface area contributed by atoms with Gasteiger partial charge in [0, 0.05) is 0 Å². The summed E-state index contributed by atoms with van der Waals surface area (Å²) >= 11 is 1.12. The number of rotatable bonds is 6. The maximum Gasteiger partial charge on any atom is 0.345 e. The van der Waals surface area contributed by atoms with Gasteiger partial charge in [0.1, 0.15) is 17.5 Å². The van der Waals surface area contributed by atoms with Crippen molar-refractivity contribution < 1.29 is 14.5 Å². The monoisotopic (exact) mass is 320 g/mol. The van der Waals surface area contributed by atoms with Gasteiger partial charge in [-0.3, -0.25) is 0 Å². The van der Waals surface area contributed by atoms with Gasteiger partial charge in [-0.15, -0.1) is 4.91 Å². The molecule has 1 N–H and O–H groups in total. The lowest BCUT2D eigenvalue weighted by atomic mass is 10.1. The molecule has 7 heteroatoms. The third-order valence-corrected chi connectivity index (χ3v) is 3.90. The van der Waals surface area contributed by atoms with Crippen molar-refractivity contribution in [3.63, 3.8) is 0 Å². The maximum absolute atomic E-state index is 12.6. The van der Waals surface area contributed by atoms with Gasteiger partial charge in [0.15, 0.2) is 0 Å². The molecule has 0 saturated carbocycles. The molecular formula is C15H18N3O3S+. The molecule has 2 aromatic rings. The average Bonchev–Trinajstić information content (AvgIpc) is 3.00. The van der Waals surface area contributed by atoms with Crippen LogP contribution in [0.1, 0.15) is 24.2 Å². The zero-order valence-electron chi connectivity index (χ0n) is 12.7. The first kappa shape index (κ1) is 16.1. The molecule has 1 heterocycles. The van der Waals surface area contributed by atoms with Crippen LogP contribution >= 0.6 is 11.3 Å². The lowest BCUT2D eigenvalue weighted by molar-refractivity contribution is -0.355. The van der Waals surface area contributed by atoms with Crippen molar-refractivity contribution in [2.75, 3.05) is 18.6 Å². The number of benzene rings is 1. The van der Waals surface area contributed by atoms with Crippen molar-refractivity contribution in [3.05, 3.63) is 40.9 Å². The van der Waals surface area contributed by atoms with E-state index < -0.39 is 0 Å². The molecule has 0 radical (unpaired) electrons. The summed E-state index contributed by atoms with van der Waals surface area (Å²) in [4.78, 5) is 27.4. The van der Waals surface area contributed by atoms with E-state index in [2.05, 4.69) is 10.2 Å². The van der Waals surface area contributed by atoms with Gasteiger partial charge >= 0.3 is 11.0 Å². The van der Waals surface area contributed by atoms with Gasteiger partial charge in [-0.2, -0.15) is 4.90 Å². The van der Waals surface area contributed by atoms with E-state index in [1.807, 2.05) is 19.9 Å². The Hall–Kier alpha value is -2.28. The summed E-state index contributed by atoms with van der Waals surface area (Å²) < 4.78 is 5.71. The fourth-order valence-electron chi connectivity index (χ4n) is 1.79. The number of hydrogen-bond donors (Lipinski definition) is 0. The second-order valence-electron chi connectivity index (χ2n) is 5.19. The zero-order chi connectivity index (χ0) is 16.1. The summed E-state index contributed by atoms with van der Waals surface area (Å²) in [6.45, 7) is 4.63. The van der Waals surface area contributed by atoms with E-state index in [-0.39, 0.29) is 5.91 Å². The normalized spacial score (nSPS) is 10.5. The molecule has 0 unspecified atom stereocenters. The number of nitrogens with one attached hydrogen (secondary N) is 1. The summed E-state index contributed by atoms with van der Waals surface area (Å²) in [6, 6.07) is 7.12. The topological polar surface area (TPSA) is 73.1 Å². The maximum atomic E-state index is 12.6. The molecule has 1 amide bonds. The van der Waals surface area contributed by atoms with Crippen LogP contribution in [-0.4, -0.2) is 19.6 Å². The second-order valence-corrected chi connectivity index (χ2v) is 6.20. The number of aromatic amines is 1. The number of carbonyl (C=O) groups excluding carboxylic acids is 1. The third-order valence-electron chi connectivity index (χ3n) is 2.91. The second kappa shape index (κ2) is 7.13. The SMILES string of the molecule is CC(C)COc1ccccc1C(=O)N(C)c1[nH+]cc(N=O)s1. The predicted octanol–water partition coefficient (Wildman–Crippen LogP) is 3.27. The number of aromatic nitrogens is 1. The number of H-pyrrole nitrogens is 1. The Morgan fingerprint density at radius 1 is 1.41 bits per heavy atom. The molecule has 0 aliphatic rings. The molecule has 6 nitrogen and oxygen atoms in total. The highest BCUT2D eigenvalue weighted by atomic mass is 32.1. The highest BCUT2D eigenvalue weighted by Gasteiger charge is 2.26. The molecule has 1 aromatic heterocycles. The van der Waals surface area contributed by atoms with Crippen molar-refractivity contribution >= 4 is 27.4 Å². The number of nitroso groups, excluding NO2 is 1. The van der Waals surface area contributed by atoms with E-state index >= 15 is 0 Å². The summed E-state index contributed by atoms with van der Waals surface area (Å²) in [6.07, 6.45) is 1.47. The van der Waals surface area contributed by atoms with Crippen LogP contribution in [0.25, 0.3) is 0 Å². The molecule has 0 saturated heterocycles. The Morgan fingerprint density at radius 2 is 2.14 bits per heavy atom. The van der Waals surface area contributed by atoms with Crippen molar-refractivity contribution in [2.45, 2.75) is 13.8 Å². The third kappa shape index (κ3) is 3.67. The van der Waals surface area contributed by atoms with Crippen LogP contribution in [0.5, 0.6) is 5.75 Å². The zero-order valence-corrected chi connectivity index (χ0v) is 13.5. The first-order chi connectivity index (χ1) is 10.5. The fraction of sp³-hybridized carbons (Fsp3) is 0.333. The van der Waals surface area contributed by atoms with Gasteiger partial charge < -0.3 is 4.74 Å². The lowest BCUT2D eigenvalue weighted by Crippen LogP contribution is -2.30. The Balaban J connectivity index is 2.22. The van der Waals surface area contributed by atoms with Crippen LogP contribution in [-0.2, 0) is 0 Å². The minimum atomic E-state index is -0.213. The fourth-order valence-corrected chi connectivity index (χ4v) is 2.48. The van der Waals surface area contributed by atoms with E-state index in [1.165, 1.54) is 11.1 Å². The van der Waals surface area contributed by atoms with E-state index in [0.717, 1.165) is 11.3 Å². The van der Waals surface area contributed by atoms with Crippen molar-refractivity contribution in [2.24, 2.45) is 11.1 Å². The van der Waals surface area contributed by atoms with Gasteiger partial charge in [-0.1, -0.05) is 26.0 Å². The first-order valence-corrected chi connectivity index (χ1v) is 7.69. The Morgan fingerprint density at radius 3 is 2.77 bits per heavy atom. The number of ether oxygens (including phenoxy) is 1. The molecule has 2 rings (SSSR count). The van der Waals surface area contributed by atoms with Gasteiger partial charge in [0.25, 0.3) is 0 Å². The van der Waals surface area contributed by atoms with Gasteiger partial charge in [-0.25, -0.2) is 9.78 Å². The van der Waals surface area contributed by atoms with Crippen LogP contribution in [0.4, 0.5) is 10.1 Å². The summed E-state index contributed by atoms with van der Waals surface area (Å²) in [7, 11) is 1.64. The molecule has 22 heavy (non-hydrogen) atoms. The Bertz CT molecular complexity index is 670.